The molecule has 1 saturated heterocycles. The van der Waals surface area contributed by atoms with Gasteiger partial charge in [-0.2, -0.15) is 0 Å². The Hall–Kier alpha value is -3.85. The fourth-order valence-corrected chi connectivity index (χ4v) is 4.67. The molecule has 2 aliphatic rings. The van der Waals surface area contributed by atoms with Crippen LogP contribution in [0, 0.1) is 18.7 Å². The average Bonchev–Trinajstić information content (AvgIpc) is 3.32. The summed E-state index contributed by atoms with van der Waals surface area (Å²) in [5.74, 6) is -2.52. The molecular weight excluding hydrogens is 519 g/mol. The molecule has 0 saturated carbocycles. The van der Waals surface area contributed by atoms with Crippen molar-refractivity contribution in [2.75, 3.05) is 16.3 Å². The molecule has 3 amide bonds. The predicted octanol–water partition coefficient (Wildman–Crippen LogP) is 4.66. The van der Waals surface area contributed by atoms with Crippen LogP contribution in [0.4, 0.5) is 15.8 Å². The largest absolute Gasteiger partial charge is 0.426 e. The number of rotatable bonds is 4. The molecule has 0 aliphatic carbocycles. The molecule has 9 heteroatoms. The highest BCUT2D eigenvalue weighted by Crippen LogP contribution is 2.34. The Morgan fingerprint density at radius 3 is 2.40 bits per heavy atom. The molecule has 3 aromatic carbocycles. The standard InChI is InChI=1S/C26H18BrFN2O5/c1-14-10-19(7-9-22(14)30-24(32)20-8-2-16(27)12-21(20)25(30)33)35-26(34)15-11-23(31)29(13-15)18-5-3-17(28)4-6-18/h2-10,12,15H,11,13H2,1H3/t15-/m1/s1. The number of anilines is 2. The summed E-state index contributed by atoms with van der Waals surface area (Å²) >= 11 is 3.32. The first kappa shape index (κ1) is 22.9. The lowest BCUT2D eigenvalue weighted by atomic mass is 10.1. The molecule has 7 nitrogen and oxygen atoms in total. The Balaban J connectivity index is 1.30. The van der Waals surface area contributed by atoms with E-state index in [1.807, 2.05) is 0 Å². The van der Waals surface area contributed by atoms with Crippen molar-refractivity contribution < 1.29 is 28.3 Å². The number of benzene rings is 3. The number of halogens is 2. The number of hydrogen-bond donors (Lipinski definition) is 0. The van der Waals surface area contributed by atoms with Crippen molar-refractivity contribution in [2.24, 2.45) is 5.92 Å². The van der Waals surface area contributed by atoms with Crippen LogP contribution in [-0.4, -0.2) is 30.2 Å². The summed E-state index contributed by atoms with van der Waals surface area (Å²) in [6.07, 6.45) is -0.0160. The van der Waals surface area contributed by atoms with E-state index in [9.17, 15) is 23.6 Å². The van der Waals surface area contributed by atoms with Crippen molar-refractivity contribution in [1.29, 1.82) is 0 Å². The third-order valence-electron chi connectivity index (χ3n) is 6.07. The average molecular weight is 537 g/mol. The van der Waals surface area contributed by atoms with Crippen LogP contribution in [0.1, 0.15) is 32.7 Å². The Kier molecular flexibility index (Phi) is 5.72. The lowest BCUT2D eigenvalue weighted by Gasteiger charge is -2.18. The van der Waals surface area contributed by atoms with Crippen molar-refractivity contribution in [3.05, 3.63) is 87.6 Å². The third-order valence-corrected chi connectivity index (χ3v) is 6.57. The van der Waals surface area contributed by atoms with Crippen molar-refractivity contribution in [3.63, 3.8) is 0 Å². The molecule has 0 bridgehead atoms. The second-order valence-electron chi connectivity index (χ2n) is 8.39. The Labute approximate surface area is 208 Å². The van der Waals surface area contributed by atoms with Crippen LogP contribution in [0.2, 0.25) is 0 Å². The van der Waals surface area contributed by atoms with Gasteiger partial charge in [-0.1, -0.05) is 15.9 Å². The van der Waals surface area contributed by atoms with E-state index in [0.29, 0.717) is 32.5 Å². The van der Waals surface area contributed by atoms with Gasteiger partial charge in [0.15, 0.2) is 0 Å². The molecule has 0 N–H and O–H groups in total. The highest BCUT2D eigenvalue weighted by Gasteiger charge is 2.38. The molecular formula is C26H18BrFN2O5. The zero-order valence-electron chi connectivity index (χ0n) is 18.5. The topological polar surface area (TPSA) is 84.0 Å². The number of fused-ring (bicyclic) bond motifs is 1. The molecule has 1 atom stereocenters. The third kappa shape index (κ3) is 4.12. The first-order chi connectivity index (χ1) is 16.7. The SMILES string of the molecule is Cc1cc(OC(=O)[C@@H]2CC(=O)N(c3ccc(F)cc3)C2)ccc1N1C(=O)c2ccc(Br)cc2C1=O. The Bertz CT molecular complexity index is 1410. The summed E-state index contributed by atoms with van der Waals surface area (Å²) in [6, 6.07) is 15.0. The lowest BCUT2D eigenvalue weighted by Crippen LogP contribution is -2.30. The van der Waals surface area contributed by atoms with E-state index in [4.69, 9.17) is 4.74 Å². The van der Waals surface area contributed by atoms with Gasteiger partial charge in [0.2, 0.25) is 5.91 Å². The van der Waals surface area contributed by atoms with Gasteiger partial charge in [-0.3, -0.25) is 19.2 Å². The van der Waals surface area contributed by atoms with Crippen molar-refractivity contribution in [3.8, 4) is 5.75 Å². The Morgan fingerprint density at radius 2 is 1.69 bits per heavy atom. The number of esters is 1. The zero-order valence-corrected chi connectivity index (χ0v) is 20.0. The van der Waals surface area contributed by atoms with E-state index in [1.165, 1.54) is 35.2 Å². The van der Waals surface area contributed by atoms with Crippen LogP contribution < -0.4 is 14.5 Å². The number of amides is 3. The molecule has 1 fully saturated rings. The summed E-state index contributed by atoms with van der Waals surface area (Å²) in [6.45, 7) is 1.84. The number of carbonyl (C=O) groups excluding carboxylic acids is 4. The molecule has 0 radical (unpaired) electrons. The van der Waals surface area contributed by atoms with Gasteiger partial charge in [-0.15, -0.1) is 0 Å². The second kappa shape index (κ2) is 8.74. The molecule has 3 aromatic rings. The van der Waals surface area contributed by atoms with Gasteiger partial charge in [0, 0.05) is 23.1 Å². The van der Waals surface area contributed by atoms with E-state index in [0.717, 1.165) is 4.90 Å². The van der Waals surface area contributed by atoms with E-state index in [-0.39, 0.29) is 24.6 Å². The van der Waals surface area contributed by atoms with Gasteiger partial charge >= 0.3 is 5.97 Å². The molecule has 0 spiro atoms. The maximum Gasteiger partial charge on any atom is 0.316 e. The van der Waals surface area contributed by atoms with Crippen LogP contribution in [-0.2, 0) is 9.59 Å². The first-order valence-corrected chi connectivity index (χ1v) is 11.6. The van der Waals surface area contributed by atoms with Crippen molar-refractivity contribution >= 4 is 51.0 Å². The van der Waals surface area contributed by atoms with E-state index < -0.39 is 29.5 Å². The van der Waals surface area contributed by atoms with Crippen molar-refractivity contribution in [1.82, 2.24) is 0 Å². The smallest absolute Gasteiger partial charge is 0.316 e. The van der Waals surface area contributed by atoms with Crippen LogP contribution >= 0.6 is 15.9 Å². The van der Waals surface area contributed by atoms with Gasteiger partial charge in [0.05, 0.1) is 22.7 Å². The normalized spacial score (nSPS) is 17.2. The highest BCUT2D eigenvalue weighted by molar-refractivity contribution is 9.10. The lowest BCUT2D eigenvalue weighted by molar-refractivity contribution is -0.139. The summed E-state index contributed by atoms with van der Waals surface area (Å²) in [5, 5.41) is 0. The second-order valence-corrected chi connectivity index (χ2v) is 9.30. The highest BCUT2D eigenvalue weighted by atomic mass is 79.9. The minimum absolute atomic E-state index is 0.0160. The predicted molar refractivity (Wildman–Crippen MR) is 129 cm³/mol. The maximum absolute atomic E-state index is 13.2. The van der Waals surface area contributed by atoms with Crippen LogP contribution in [0.3, 0.4) is 0 Å². The van der Waals surface area contributed by atoms with Gasteiger partial charge in [-0.05, 0) is 73.2 Å². The summed E-state index contributed by atoms with van der Waals surface area (Å²) in [4.78, 5) is 53.4. The summed E-state index contributed by atoms with van der Waals surface area (Å²) < 4.78 is 19.4. The number of hydrogen-bond acceptors (Lipinski definition) is 5. The Morgan fingerprint density at radius 1 is 0.971 bits per heavy atom. The minimum Gasteiger partial charge on any atom is -0.426 e. The number of ether oxygens (including phenoxy) is 1. The molecule has 35 heavy (non-hydrogen) atoms. The molecule has 2 heterocycles. The van der Waals surface area contributed by atoms with Crippen LogP contribution in [0.5, 0.6) is 5.75 Å². The molecule has 0 unspecified atom stereocenters. The van der Waals surface area contributed by atoms with E-state index >= 15 is 0 Å². The van der Waals surface area contributed by atoms with Gasteiger partial charge in [0.1, 0.15) is 11.6 Å². The van der Waals surface area contributed by atoms with Crippen LogP contribution in [0.25, 0.3) is 0 Å². The summed E-state index contributed by atoms with van der Waals surface area (Å²) in [5.41, 5.74) is 2.12. The summed E-state index contributed by atoms with van der Waals surface area (Å²) in [7, 11) is 0. The number of aryl methyl sites for hydroxylation is 1. The number of carbonyl (C=O) groups is 4. The van der Waals surface area contributed by atoms with Gasteiger partial charge in [-0.25, -0.2) is 9.29 Å². The van der Waals surface area contributed by atoms with Crippen LogP contribution in [0.15, 0.2) is 65.1 Å². The van der Waals surface area contributed by atoms with Gasteiger partial charge < -0.3 is 9.64 Å². The molecule has 5 rings (SSSR count). The fourth-order valence-electron chi connectivity index (χ4n) is 4.31. The molecule has 176 valence electrons. The monoisotopic (exact) mass is 536 g/mol. The quantitative estimate of drug-likeness (QED) is 0.275. The van der Waals surface area contributed by atoms with E-state index in [2.05, 4.69) is 15.9 Å². The molecule has 2 aliphatic heterocycles. The minimum atomic E-state index is -0.679. The van der Waals surface area contributed by atoms with Gasteiger partial charge in [0.25, 0.3) is 11.8 Å². The maximum atomic E-state index is 13.2. The first-order valence-electron chi connectivity index (χ1n) is 10.8. The van der Waals surface area contributed by atoms with Crippen molar-refractivity contribution in [2.45, 2.75) is 13.3 Å². The number of imide groups is 1. The fraction of sp³-hybridized carbons (Fsp3) is 0.154. The molecule has 0 aromatic heterocycles. The number of nitrogens with zero attached hydrogens (tertiary/aromatic N) is 2. The zero-order chi connectivity index (χ0) is 24.9. The van der Waals surface area contributed by atoms with E-state index in [1.54, 1.807) is 37.3 Å².